The molecule has 1 atom stereocenters. The maximum Gasteiger partial charge on any atom is 0.407 e. The average molecular weight is 287 g/mol. The normalized spacial score (nSPS) is 13.7. The first-order valence-electron chi connectivity index (χ1n) is 7.45. The molecule has 5 heteroatoms. The molecule has 0 aromatic heterocycles. The number of nitrogens with one attached hydrogen (secondary N) is 2. The molecule has 5 nitrogen and oxygen atoms in total. The van der Waals surface area contributed by atoms with Crippen molar-refractivity contribution >= 4 is 6.09 Å². The van der Waals surface area contributed by atoms with E-state index in [9.17, 15) is 4.79 Å². The SMILES string of the molecule is CC(C)CC(CN(C)C)NCCNC(=O)OC(C)(C)C. The zero-order chi connectivity index (χ0) is 15.8. The van der Waals surface area contributed by atoms with Gasteiger partial charge >= 0.3 is 6.09 Å². The van der Waals surface area contributed by atoms with E-state index < -0.39 is 5.60 Å². The third-order valence-electron chi connectivity index (χ3n) is 2.57. The molecule has 0 aliphatic carbocycles. The van der Waals surface area contributed by atoms with E-state index in [2.05, 4.69) is 43.5 Å². The van der Waals surface area contributed by atoms with Crippen LogP contribution in [0.15, 0.2) is 0 Å². The highest BCUT2D eigenvalue weighted by atomic mass is 16.6. The van der Waals surface area contributed by atoms with Gasteiger partial charge in [-0.25, -0.2) is 4.79 Å². The Kier molecular flexibility index (Phi) is 8.81. The van der Waals surface area contributed by atoms with Crippen LogP contribution in [-0.4, -0.2) is 56.4 Å². The molecule has 1 amide bonds. The topological polar surface area (TPSA) is 53.6 Å². The first kappa shape index (κ1) is 19.2. The number of alkyl carbamates (subject to hydrolysis) is 1. The molecule has 0 radical (unpaired) electrons. The first-order chi connectivity index (χ1) is 9.10. The van der Waals surface area contributed by atoms with Crippen LogP contribution in [0.5, 0.6) is 0 Å². The molecule has 0 aliphatic heterocycles. The minimum Gasteiger partial charge on any atom is -0.444 e. The maximum absolute atomic E-state index is 11.5. The summed E-state index contributed by atoms with van der Waals surface area (Å²) in [6.45, 7) is 12.4. The summed E-state index contributed by atoms with van der Waals surface area (Å²) < 4.78 is 5.19. The van der Waals surface area contributed by atoms with Crippen LogP contribution in [-0.2, 0) is 4.74 Å². The third kappa shape index (κ3) is 12.2. The van der Waals surface area contributed by atoms with Gasteiger partial charge < -0.3 is 20.3 Å². The van der Waals surface area contributed by atoms with Gasteiger partial charge in [-0.05, 0) is 47.2 Å². The monoisotopic (exact) mass is 287 g/mol. The fraction of sp³-hybridized carbons (Fsp3) is 0.933. The number of hydrogen-bond acceptors (Lipinski definition) is 4. The van der Waals surface area contributed by atoms with Crippen molar-refractivity contribution in [1.82, 2.24) is 15.5 Å². The largest absolute Gasteiger partial charge is 0.444 e. The number of likely N-dealkylation sites (N-methyl/N-ethyl adjacent to an activating group) is 1. The third-order valence-corrected chi connectivity index (χ3v) is 2.57. The van der Waals surface area contributed by atoms with Gasteiger partial charge in [0.25, 0.3) is 0 Å². The highest BCUT2D eigenvalue weighted by Gasteiger charge is 2.16. The summed E-state index contributed by atoms with van der Waals surface area (Å²) in [5.74, 6) is 0.659. The quantitative estimate of drug-likeness (QED) is 0.671. The van der Waals surface area contributed by atoms with Gasteiger partial charge in [-0.15, -0.1) is 0 Å². The van der Waals surface area contributed by atoms with E-state index in [0.717, 1.165) is 19.5 Å². The Balaban J connectivity index is 3.91. The standard InChI is InChI=1S/C15H33N3O2/c1-12(2)10-13(11-18(6)7)16-8-9-17-14(19)20-15(3,4)5/h12-13,16H,8-11H2,1-7H3,(H,17,19). The Morgan fingerprint density at radius 2 is 1.80 bits per heavy atom. The molecule has 2 N–H and O–H groups in total. The smallest absolute Gasteiger partial charge is 0.407 e. The number of nitrogens with zero attached hydrogens (tertiary/aromatic N) is 1. The van der Waals surface area contributed by atoms with E-state index in [1.165, 1.54) is 0 Å². The van der Waals surface area contributed by atoms with E-state index in [4.69, 9.17) is 4.74 Å². The van der Waals surface area contributed by atoms with E-state index in [0.29, 0.717) is 18.5 Å². The summed E-state index contributed by atoms with van der Waals surface area (Å²) in [6.07, 6.45) is 0.775. The Morgan fingerprint density at radius 1 is 1.20 bits per heavy atom. The number of carbonyl (C=O) groups is 1. The second-order valence-electron chi connectivity index (χ2n) is 6.97. The van der Waals surface area contributed by atoms with Gasteiger partial charge in [0.2, 0.25) is 0 Å². The molecule has 20 heavy (non-hydrogen) atoms. The van der Waals surface area contributed by atoms with Crippen molar-refractivity contribution in [2.75, 3.05) is 33.7 Å². The summed E-state index contributed by atoms with van der Waals surface area (Å²) in [7, 11) is 4.15. The van der Waals surface area contributed by atoms with Crippen molar-refractivity contribution in [3.05, 3.63) is 0 Å². The number of carbonyl (C=O) groups excluding carboxylic acids is 1. The van der Waals surface area contributed by atoms with Gasteiger partial charge in [-0.2, -0.15) is 0 Å². The fourth-order valence-electron chi connectivity index (χ4n) is 1.99. The molecule has 0 aromatic rings. The van der Waals surface area contributed by atoms with Gasteiger partial charge in [-0.3, -0.25) is 0 Å². The molecule has 0 aliphatic rings. The first-order valence-corrected chi connectivity index (χ1v) is 7.45. The Bertz CT molecular complexity index is 263. The van der Waals surface area contributed by atoms with Crippen molar-refractivity contribution < 1.29 is 9.53 Å². The summed E-state index contributed by atoms with van der Waals surface area (Å²) >= 11 is 0. The zero-order valence-corrected chi connectivity index (χ0v) is 14.2. The summed E-state index contributed by atoms with van der Waals surface area (Å²) in [5.41, 5.74) is -0.442. The van der Waals surface area contributed by atoms with E-state index in [1.54, 1.807) is 0 Å². The van der Waals surface area contributed by atoms with Crippen LogP contribution < -0.4 is 10.6 Å². The molecule has 0 aromatic carbocycles. The van der Waals surface area contributed by atoms with Crippen LogP contribution in [0.3, 0.4) is 0 Å². The second-order valence-corrected chi connectivity index (χ2v) is 6.97. The van der Waals surface area contributed by atoms with Crippen LogP contribution in [0.1, 0.15) is 41.0 Å². The lowest BCUT2D eigenvalue weighted by molar-refractivity contribution is 0.0527. The van der Waals surface area contributed by atoms with Gasteiger partial charge in [0.05, 0.1) is 0 Å². The van der Waals surface area contributed by atoms with Crippen molar-refractivity contribution in [3.8, 4) is 0 Å². The second kappa shape index (κ2) is 9.19. The molecule has 0 bridgehead atoms. The Labute approximate surface area is 124 Å². The summed E-state index contributed by atoms with van der Waals surface area (Å²) in [5, 5.41) is 6.25. The van der Waals surface area contributed by atoms with E-state index in [-0.39, 0.29) is 6.09 Å². The van der Waals surface area contributed by atoms with Crippen LogP contribution in [0.4, 0.5) is 4.79 Å². The van der Waals surface area contributed by atoms with Gasteiger partial charge in [0.15, 0.2) is 0 Å². The van der Waals surface area contributed by atoms with Crippen LogP contribution in [0, 0.1) is 5.92 Å². The molecule has 120 valence electrons. The molecule has 0 heterocycles. The molecule has 1 unspecified atom stereocenters. The van der Waals surface area contributed by atoms with Crippen LogP contribution in [0.25, 0.3) is 0 Å². The summed E-state index contributed by atoms with van der Waals surface area (Å²) in [4.78, 5) is 13.7. The molecule has 0 rings (SSSR count). The van der Waals surface area contributed by atoms with Crippen molar-refractivity contribution in [2.45, 2.75) is 52.7 Å². The molecule has 0 saturated carbocycles. The van der Waals surface area contributed by atoms with E-state index in [1.807, 2.05) is 20.8 Å². The van der Waals surface area contributed by atoms with E-state index >= 15 is 0 Å². The van der Waals surface area contributed by atoms with Gasteiger partial charge in [-0.1, -0.05) is 13.8 Å². The van der Waals surface area contributed by atoms with Crippen LogP contribution in [0.2, 0.25) is 0 Å². The fourth-order valence-corrected chi connectivity index (χ4v) is 1.99. The Morgan fingerprint density at radius 3 is 2.25 bits per heavy atom. The number of rotatable bonds is 8. The average Bonchev–Trinajstić information content (AvgIpc) is 2.19. The molecule has 0 spiro atoms. The van der Waals surface area contributed by atoms with Gasteiger partial charge in [0.1, 0.15) is 5.60 Å². The lowest BCUT2D eigenvalue weighted by Crippen LogP contribution is -2.43. The number of ether oxygens (including phenoxy) is 1. The minimum atomic E-state index is -0.442. The maximum atomic E-state index is 11.5. The predicted molar refractivity (Wildman–Crippen MR) is 84.0 cm³/mol. The molecular formula is C15H33N3O2. The lowest BCUT2D eigenvalue weighted by atomic mass is 10.0. The molecular weight excluding hydrogens is 254 g/mol. The lowest BCUT2D eigenvalue weighted by Gasteiger charge is -2.24. The van der Waals surface area contributed by atoms with Gasteiger partial charge in [0, 0.05) is 25.7 Å². The predicted octanol–water partition coefficient (Wildman–Crippen LogP) is 2.08. The van der Waals surface area contributed by atoms with Crippen molar-refractivity contribution in [1.29, 1.82) is 0 Å². The highest BCUT2D eigenvalue weighted by Crippen LogP contribution is 2.06. The number of amides is 1. The van der Waals surface area contributed by atoms with Crippen LogP contribution >= 0.6 is 0 Å². The molecule has 0 saturated heterocycles. The number of hydrogen-bond donors (Lipinski definition) is 2. The Hall–Kier alpha value is -0.810. The molecule has 0 fully saturated rings. The van der Waals surface area contributed by atoms with Crippen molar-refractivity contribution in [2.24, 2.45) is 5.92 Å². The highest BCUT2D eigenvalue weighted by molar-refractivity contribution is 5.67. The van der Waals surface area contributed by atoms with Crippen molar-refractivity contribution in [3.63, 3.8) is 0 Å². The summed E-state index contributed by atoms with van der Waals surface area (Å²) in [6, 6.07) is 0.449. The minimum absolute atomic E-state index is 0.354. The zero-order valence-electron chi connectivity index (χ0n) is 14.2.